The van der Waals surface area contributed by atoms with E-state index in [0.717, 1.165) is 0 Å². The van der Waals surface area contributed by atoms with E-state index < -0.39 is 0 Å². The van der Waals surface area contributed by atoms with E-state index in [1.165, 1.54) is 77.0 Å². The van der Waals surface area contributed by atoms with Crippen molar-refractivity contribution in [3.8, 4) is 0 Å². The first-order valence-corrected chi connectivity index (χ1v) is 9.18. The first-order valence-electron chi connectivity index (χ1n) is 9.18. The summed E-state index contributed by atoms with van der Waals surface area (Å²) in [4.78, 5) is 0. The van der Waals surface area contributed by atoms with Crippen molar-refractivity contribution in [2.75, 3.05) is 0 Å². The summed E-state index contributed by atoms with van der Waals surface area (Å²) in [6.07, 6.45) is 20.8. The van der Waals surface area contributed by atoms with Crippen LogP contribution in [0.5, 0.6) is 0 Å². The zero-order chi connectivity index (χ0) is 15.1. The van der Waals surface area contributed by atoms with Gasteiger partial charge in [-0.3, -0.25) is 0 Å². The van der Waals surface area contributed by atoms with Gasteiger partial charge in [-0.05, 0) is 49.7 Å². The van der Waals surface area contributed by atoms with Crippen molar-refractivity contribution in [2.24, 2.45) is 0 Å². The van der Waals surface area contributed by atoms with Gasteiger partial charge in [0.05, 0.1) is 0 Å². The quantitative estimate of drug-likeness (QED) is 0.240. The smallest absolute Gasteiger partial charge is 0.0280 e. The minimum atomic E-state index is 1.27. The van der Waals surface area contributed by atoms with Crippen molar-refractivity contribution >= 4 is 0 Å². The van der Waals surface area contributed by atoms with E-state index in [4.69, 9.17) is 0 Å². The van der Waals surface area contributed by atoms with Gasteiger partial charge in [0.2, 0.25) is 0 Å². The first kappa shape index (κ1) is 19.5. The third-order valence-corrected chi connectivity index (χ3v) is 3.91. The lowest BCUT2D eigenvalue weighted by molar-refractivity contribution is 0.734. The second-order valence-corrected chi connectivity index (χ2v) is 5.95. The molecule has 0 aromatic heterocycles. The average molecular weight is 279 g/mol. The van der Waals surface area contributed by atoms with Gasteiger partial charge in [0, 0.05) is 0 Å². The molecule has 0 radical (unpaired) electrons. The van der Waals surface area contributed by atoms with Crippen LogP contribution in [0.4, 0.5) is 0 Å². The van der Waals surface area contributed by atoms with Crippen molar-refractivity contribution in [1.29, 1.82) is 0 Å². The van der Waals surface area contributed by atoms with E-state index in [9.17, 15) is 0 Å². The number of hydrogen-bond donors (Lipinski definition) is 0. The van der Waals surface area contributed by atoms with Crippen LogP contribution in [0.1, 0.15) is 105 Å². The van der Waals surface area contributed by atoms with Gasteiger partial charge in [-0.15, -0.1) is 0 Å². The maximum Gasteiger partial charge on any atom is -0.0280 e. The summed E-state index contributed by atoms with van der Waals surface area (Å²) in [5.41, 5.74) is 3.34. The van der Waals surface area contributed by atoms with Crippen molar-refractivity contribution in [2.45, 2.75) is 105 Å². The summed E-state index contributed by atoms with van der Waals surface area (Å²) < 4.78 is 0. The Labute approximate surface area is 128 Å². The molecule has 0 saturated carbocycles. The van der Waals surface area contributed by atoms with Crippen LogP contribution in [-0.4, -0.2) is 0 Å². The molecule has 0 bridgehead atoms. The second kappa shape index (κ2) is 14.9. The van der Waals surface area contributed by atoms with E-state index in [0.29, 0.717) is 0 Å². The first-order chi connectivity index (χ1) is 9.79. The van der Waals surface area contributed by atoms with Gasteiger partial charge in [-0.25, -0.2) is 0 Å². The summed E-state index contributed by atoms with van der Waals surface area (Å²) in [7, 11) is 0. The highest BCUT2D eigenvalue weighted by Gasteiger charge is 2.05. The maximum absolute atomic E-state index is 2.55. The fourth-order valence-corrected chi connectivity index (χ4v) is 2.48. The summed E-state index contributed by atoms with van der Waals surface area (Å²) in [6, 6.07) is 0. The molecule has 0 amide bonds. The predicted molar refractivity (Wildman–Crippen MR) is 94.3 cm³/mol. The largest absolute Gasteiger partial charge is 0.0811 e. The molecule has 0 fully saturated rings. The van der Waals surface area contributed by atoms with Gasteiger partial charge in [-0.2, -0.15) is 0 Å². The number of unbranched alkanes of at least 4 members (excludes halogenated alkanes) is 6. The van der Waals surface area contributed by atoms with E-state index in [-0.39, 0.29) is 0 Å². The standard InChI is InChI=1S/C20H38/c1-5-9-13-17-19(15-11-7-3)20(16-12-8-4)18-14-10-6-2/h17-18H,5-16H2,1-4H3. The van der Waals surface area contributed by atoms with Crippen LogP contribution in [0.3, 0.4) is 0 Å². The number of rotatable bonds is 13. The number of hydrogen-bond acceptors (Lipinski definition) is 0. The van der Waals surface area contributed by atoms with E-state index >= 15 is 0 Å². The molecule has 0 nitrogen and oxygen atoms in total. The zero-order valence-corrected chi connectivity index (χ0v) is 14.6. The van der Waals surface area contributed by atoms with Crippen LogP contribution in [0.15, 0.2) is 23.3 Å². The molecule has 0 rings (SSSR count). The van der Waals surface area contributed by atoms with Gasteiger partial charge >= 0.3 is 0 Å². The van der Waals surface area contributed by atoms with Crippen LogP contribution in [0, 0.1) is 0 Å². The lowest BCUT2D eigenvalue weighted by Gasteiger charge is -2.13. The number of allylic oxidation sites excluding steroid dienone is 4. The van der Waals surface area contributed by atoms with Crippen LogP contribution < -0.4 is 0 Å². The summed E-state index contributed by atoms with van der Waals surface area (Å²) in [6.45, 7) is 9.18. The fraction of sp³-hybridized carbons (Fsp3) is 0.800. The van der Waals surface area contributed by atoms with E-state index in [1.807, 2.05) is 0 Å². The lowest BCUT2D eigenvalue weighted by Crippen LogP contribution is -1.93. The van der Waals surface area contributed by atoms with Crippen molar-refractivity contribution in [3.05, 3.63) is 23.3 Å². The highest BCUT2D eigenvalue weighted by Crippen LogP contribution is 2.24. The molecule has 0 aromatic rings. The lowest BCUT2D eigenvalue weighted by atomic mass is 9.93. The summed E-state index contributed by atoms with van der Waals surface area (Å²) in [5.74, 6) is 0. The van der Waals surface area contributed by atoms with Crippen LogP contribution >= 0.6 is 0 Å². The molecule has 0 saturated heterocycles. The Balaban J connectivity index is 4.75. The van der Waals surface area contributed by atoms with Crippen LogP contribution in [-0.2, 0) is 0 Å². The molecular formula is C20H38. The maximum atomic E-state index is 2.55. The molecule has 20 heavy (non-hydrogen) atoms. The zero-order valence-electron chi connectivity index (χ0n) is 14.6. The minimum Gasteiger partial charge on any atom is -0.0811 e. The summed E-state index contributed by atoms with van der Waals surface area (Å²) in [5, 5.41) is 0. The molecule has 0 aliphatic carbocycles. The van der Waals surface area contributed by atoms with Gasteiger partial charge < -0.3 is 0 Å². The Morgan fingerprint density at radius 3 is 1.20 bits per heavy atom. The van der Waals surface area contributed by atoms with E-state index in [1.54, 1.807) is 11.1 Å². The Morgan fingerprint density at radius 1 is 0.550 bits per heavy atom. The molecule has 0 aliphatic heterocycles. The molecule has 118 valence electrons. The molecular weight excluding hydrogens is 240 g/mol. The fourth-order valence-electron chi connectivity index (χ4n) is 2.48. The van der Waals surface area contributed by atoms with Gasteiger partial charge in [0.15, 0.2) is 0 Å². The average Bonchev–Trinajstić information content (AvgIpc) is 2.47. The van der Waals surface area contributed by atoms with Crippen molar-refractivity contribution in [3.63, 3.8) is 0 Å². The summed E-state index contributed by atoms with van der Waals surface area (Å²) >= 11 is 0. The molecule has 0 N–H and O–H groups in total. The Morgan fingerprint density at radius 2 is 0.900 bits per heavy atom. The molecule has 0 atom stereocenters. The van der Waals surface area contributed by atoms with E-state index in [2.05, 4.69) is 39.8 Å². The third-order valence-electron chi connectivity index (χ3n) is 3.91. The Bertz CT molecular complexity index is 229. The van der Waals surface area contributed by atoms with Crippen molar-refractivity contribution in [1.82, 2.24) is 0 Å². The Kier molecular flexibility index (Phi) is 14.5. The van der Waals surface area contributed by atoms with Crippen LogP contribution in [0.25, 0.3) is 0 Å². The third kappa shape index (κ3) is 10.3. The SMILES string of the molecule is CCCCC=C(CCCC)C(=CCCCC)CCCC. The van der Waals surface area contributed by atoms with Crippen molar-refractivity contribution < 1.29 is 0 Å². The van der Waals surface area contributed by atoms with Crippen LogP contribution in [0.2, 0.25) is 0 Å². The second-order valence-electron chi connectivity index (χ2n) is 5.95. The highest BCUT2D eigenvalue weighted by atomic mass is 14.1. The molecule has 0 unspecified atom stereocenters. The monoisotopic (exact) mass is 278 g/mol. The van der Waals surface area contributed by atoms with Gasteiger partial charge in [0.1, 0.15) is 0 Å². The normalized spacial score (nSPS) is 13.0. The Hall–Kier alpha value is -0.520. The molecule has 0 aromatic carbocycles. The topological polar surface area (TPSA) is 0 Å². The molecule has 0 spiro atoms. The van der Waals surface area contributed by atoms with Gasteiger partial charge in [-0.1, -0.05) is 78.4 Å². The molecule has 0 heterocycles. The molecule has 0 aliphatic rings. The minimum absolute atomic E-state index is 1.27. The van der Waals surface area contributed by atoms with Gasteiger partial charge in [0.25, 0.3) is 0 Å². The molecule has 0 heteroatoms. The highest BCUT2D eigenvalue weighted by molar-refractivity contribution is 5.31. The predicted octanol–water partition coefficient (Wildman–Crippen LogP) is 7.60.